The second kappa shape index (κ2) is 5.68. The first-order chi connectivity index (χ1) is 9.38. The van der Waals surface area contributed by atoms with Crippen molar-refractivity contribution in [1.29, 1.82) is 0 Å². The van der Waals surface area contributed by atoms with Crippen molar-refractivity contribution in [2.75, 3.05) is 0 Å². The first-order valence-corrected chi connectivity index (χ1v) is 6.99. The van der Waals surface area contributed by atoms with E-state index >= 15 is 0 Å². The van der Waals surface area contributed by atoms with E-state index in [-0.39, 0.29) is 10.8 Å². The molecule has 0 saturated carbocycles. The van der Waals surface area contributed by atoms with Gasteiger partial charge >= 0.3 is 5.00 Å². The van der Waals surface area contributed by atoms with Gasteiger partial charge in [0.15, 0.2) is 0 Å². The van der Waals surface area contributed by atoms with E-state index in [0.717, 1.165) is 22.5 Å². The fourth-order valence-corrected chi connectivity index (χ4v) is 2.58. The third-order valence-corrected chi connectivity index (χ3v) is 4.03. The van der Waals surface area contributed by atoms with E-state index in [1.165, 1.54) is 12.1 Å². The van der Waals surface area contributed by atoms with Gasteiger partial charge in [0, 0.05) is 23.5 Å². The predicted molar refractivity (Wildman–Crippen MR) is 77.2 cm³/mol. The minimum atomic E-state index is -0.418. The highest BCUT2D eigenvalue weighted by molar-refractivity contribution is 7.13. The number of halogens is 1. The topological polar surface area (TPSA) is 55.2 Å². The Kier molecular flexibility index (Phi) is 4.15. The summed E-state index contributed by atoms with van der Waals surface area (Å²) >= 11 is 1.11. The van der Waals surface area contributed by atoms with Gasteiger partial charge < -0.3 is 5.32 Å². The summed E-state index contributed by atoms with van der Waals surface area (Å²) in [7, 11) is 0. The number of benzene rings is 1. The minimum Gasteiger partial charge on any atom is -0.304 e. The van der Waals surface area contributed by atoms with Crippen molar-refractivity contribution in [2.24, 2.45) is 0 Å². The first kappa shape index (κ1) is 14.6. The molecule has 0 saturated heterocycles. The highest BCUT2D eigenvalue weighted by Gasteiger charge is 2.20. The Morgan fingerprint density at radius 1 is 1.40 bits per heavy atom. The molecule has 0 fully saturated rings. The van der Waals surface area contributed by atoms with E-state index in [1.807, 2.05) is 19.9 Å². The number of hydrogen-bond donors (Lipinski definition) is 1. The number of nitrogens with zero attached hydrogens (tertiary/aromatic N) is 1. The fourth-order valence-electron chi connectivity index (χ4n) is 1.85. The Labute approximate surface area is 120 Å². The monoisotopic (exact) mass is 294 g/mol. The summed E-state index contributed by atoms with van der Waals surface area (Å²) < 4.78 is 13.3. The van der Waals surface area contributed by atoms with Gasteiger partial charge in [-0.3, -0.25) is 10.1 Å². The van der Waals surface area contributed by atoms with Crippen LogP contribution in [0.15, 0.2) is 35.7 Å². The first-order valence-electron chi connectivity index (χ1n) is 6.11. The van der Waals surface area contributed by atoms with Crippen LogP contribution < -0.4 is 5.32 Å². The standard InChI is InChI=1S/C14H15FN2O2S/c1-14(2,11-4-3-5-12(15)7-11)16-8-10-6-13(17(18)19)20-9-10/h3-7,9,16H,8H2,1-2H3. The van der Waals surface area contributed by atoms with Gasteiger partial charge in [-0.25, -0.2) is 4.39 Å². The normalized spacial score (nSPS) is 11.6. The molecule has 0 bridgehead atoms. The van der Waals surface area contributed by atoms with Gasteiger partial charge in [0.05, 0.1) is 4.92 Å². The van der Waals surface area contributed by atoms with Gasteiger partial charge in [-0.2, -0.15) is 0 Å². The molecule has 1 heterocycles. The molecule has 4 nitrogen and oxygen atoms in total. The average molecular weight is 294 g/mol. The summed E-state index contributed by atoms with van der Waals surface area (Å²) in [5, 5.41) is 15.8. The predicted octanol–water partition coefficient (Wildman–Crippen LogP) is 3.82. The Balaban J connectivity index is 2.06. The van der Waals surface area contributed by atoms with Crippen LogP contribution in [0.4, 0.5) is 9.39 Å². The molecule has 1 N–H and O–H groups in total. The van der Waals surface area contributed by atoms with Crippen LogP contribution in [-0.2, 0) is 12.1 Å². The van der Waals surface area contributed by atoms with Crippen molar-refractivity contribution in [3.63, 3.8) is 0 Å². The number of hydrogen-bond acceptors (Lipinski definition) is 4. The van der Waals surface area contributed by atoms with Crippen LogP contribution in [0, 0.1) is 15.9 Å². The summed E-state index contributed by atoms with van der Waals surface area (Å²) in [4.78, 5) is 10.2. The largest absolute Gasteiger partial charge is 0.324 e. The lowest BCUT2D eigenvalue weighted by Crippen LogP contribution is -2.35. The van der Waals surface area contributed by atoms with Gasteiger partial charge in [0.25, 0.3) is 0 Å². The number of nitrogens with one attached hydrogen (secondary N) is 1. The van der Waals surface area contributed by atoms with E-state index in [4.69, 9.17) is 0 Å². The van der Waals surface area contributed by atoms with E-state index in [2.05, 4.69) is 5.32 Å². The average Bonchev–Trinajstić information content (AvgIpc) is 2.85. The molecule has 0 spiro atoms. The van der Waals surface area contributed by atoms with Crippen LogP contribution >= 0.6 is 11.3 Å². The zero-order chi connectivity index (χ0) is 14.8. The SMILES string of the molecule is CC(C)(NCc1csc([N+](=O)[O-])c1)c1cccc(F)c1. The number of rotatable bonds is 5. The molecule has 20 heavy (non-hydrogen) atoms. The Bertz CT molecular complexity index is 625. The molecule has 2 rings (SSSR count). The maximum atomic E-state index is 13.3. The van der Waals surface area contributed by atoms with Gasteiger partial charge in [-0.1, -0.05) is 23.5 Å². The summed E-state index contributed by atoms with van der Waals surface area (Å²) in [6.45, 7) is 4.39. The van der Waals surface area contributed by atoms with Gasteiger partial charge in [0.1, 0.15) is 5.82 Å². The smallest absolute Gasteiger partial charge is 0.304 e. The van der Waals surface area contributed by atoms with Crippen molar-refractivity contribution in [2.45, 2.75) is 25.9 Å². The van der Waals surface area contributed by atoms with Crippen LogP contribution in [0.3, 0.4) is 0 Å². The summed E-state index contributed by atoms with van der Waals surface area (Å²) in [6.07, 6.45) is 0. The molecule has 0 aliphatic heterocycles. The summed E-state index contributed by atoms with van der Waals surface area (Å²) in [5.74, 6) is -0.274. The third-order valence-electron chi connectivity index (χ3n) is 3.10. The van der Waals surface area contributed by atoms with Crippen LogP contribution in [0.2, 0.25) is 0 Å². The lowest BCUT2D eigenvalue weighted by atomic mass is 9.94. The fraction of sp³-hybridized carbons (Fsp3) is 0.286. The third kappa shape index (κ3) is 3.40. The van der Waals surface area contributed by atoms with Crippen molar-refractivity contribution in [3.8, 4) is 0 Å². The summed E-state index contributed by atoms with van der Waals surface area (Å²) in [5.41, 5.74) is 1.27. The molecule has 1 aromatic carbocycles. The molecule has 2 aromatic rings. The Morgan fingerprint density at radius 2 is 2.15 bits per heavy atom. The maximum Gasteiger partial charge on any atom is 0.324 e. The van der Waals surface area contributed by atoms with Crippen molar-refractivity contribution >= 4 is 16.3 Å². The summed E-state index contributed by atoms with van der Waals surface area (Å²) in [6, 6.07) is 7.97. The number of thiophene rings is 1. The van der Waals surface area contributed by atoms with Crippen LogP contribution in [0.25, 0.3) is 0 Å². The van der Waals surface area contributed by atoms with E-state index in [9.17, 15) is 14.5 Å². The maximum absolute atomic E-state index is 13.3. The lowest BCUT2D eigenvalue weighted by molar-refractivity contribution is -0.380. The van der Waals surface area contributed by atoms with E-state index in [1.54, 1.807) is 17.5 Å². The second-order valence-electron chi connectivity index (χ2n) is 5.04. The highest BCUT2D eigenvalue weighted by atomic mass is 32.1. The van der Waals surface area contributed by atoms with Gasteiger partial charge in [0.2, 0.25) is 0 Å². The van der Waals surface area contributed by atoms with Crippen molar-refractivity contribution in [3.05, 3.63) is 62.8 Å². The van der Waals surface area contributed by atoms with Gasteiger partial charge in [-0.05, 0) is 37.1 Å². The molecule has 106 valence electrons. The van der Waals surface area contributed by atoms with Crippen LogP contribution in [0.1, 0.15) is 25.0 Å². The molecule has 0 aliphatic carbocycles. The molecule has 0 radical (unpaired) electrons. The van der Waals surface area contributed by atoms with Crippen LogP contribution in [-0.4, -0.2) is 4.92 Å². The Hall–Kier alpha value is -1.79. The molecule has 0 unspecified atom stereocenters. The zero-order valence-electron chi connectivity index (χ0n) is 11.2. The van der Waals surface area contributed by atoms with E-state index < -0.39 is 10.5 Å². The second-order valence-corrected chi connectivity index (χ2v) is 5.93. The van der Waals surface area contributed by atoms with E-state index in [0.29, 0.717) is 6.54 Å². The minimum absolute atomic E-state index is 0.130. The lowest BCUT2D eigenvalue weighted by Gasteiger charge is -2.27. The Morgan fingerprint density at radius 3 is 2.75 bits per heavy atom. The highest BCUT2D eigenvalue weighted by Crippen LogP contribution is 2.25. The molecule has 0 aliphatic rings. The number of nitro groups is 1. The van der Waals surface area contributed by atoms with Gasteiger partial charge in [-0.15, -0.1) is 0 Å². The molecule has 6 heteroatoms. The van der Waals surface area contributed by atoms with Crippen LogP contribution in [0.5, 0.6) is 0 Å². The quantitative estimate of drug-likeness (QED) is 0.673. The zero-order valence-corrected chi connectivity index (χ0v) is 12.0. The molecular formula is C14H15FN2O2S. The molecule has 0 amide bonds. The molecular weight excluding hydrogens is 279 g/mol. The van der Waals surface area contributed by atoms with Crippen molar-refractivity contribution in [1.82, 2.24) is 5.32 Å². The molecule has 0 atom stereocenters. The molecule has 1 aromatic heterocycles. The van der Waals surface area contributed by atoms with Crippen molar-refractivity contribution < 1.29 is 9.31 Å².